The summed E-state index contributed by atoms with van der Waals surface area (Å²) in [7, 11) is 0. The number of morpholine rings is 1. The number of hydrogen-bond acceptors (Lipinski definition) is 6. The first-order valence-electron chi connectivity index (χ1n) is 11.4. The highest BCUT2D eigenvalue weighted by Gasteiger charge is 2.31. The van der Waals surface area contributed by atoms with Gasteiger partial charge in [0, 0.05) is 45.3 Å². The number of amides is 1. The van der Waals surface area contributed by atoms with E-state index in [1.165, 1.54) is 25.7 Å². The summed E-state index contributed by atoms with van der Waals surface area (Å²) in [4.78, 5) is 19.1. The maximum atomic E-state index is 12.6. The van der Waals surface area contributed by atoms with Crippen molar-refractivity contribution in [2.24, 2.45) is 0 Å². The summed E-state index contributed by atoms with van der Waals surface area (Å²) in [6.45, 7) is 7.07. The average Bonchev–Trinajstić information content (AvgIpc) is 3.28. The van der Waals surface area contributed by atoms with Crippen molar-refractivity contribution in [2.45, 2.75) is 44.4 Å². The van der Waals surface area contributed by atoms with Gasteiger partial charge in [-0.3, -0.25) is 14.6 Å². The molecule has 0 bridgehead atoms. The van der Waals surface area contributed by atoms with E-state index in [0.717, 1.165) is 57.3 Å². The van der Waals surface area contributed by atoms with Gasteiger partial charge in [-0.1, -0.05) is 25.0 Å². The average molecular weight is 418 g/mol. The van der Waals surface area contributed by atoms with Crippen LogP contribution in [0.1, 0.15) is 31.2 Å². The van der Waals surface area contributed by atoms with Crippen LogP contribution in [0.2, 0.25) is 0 Å². The third-order valence-electron chi connectivity index (χ3n) is 6.42. The molecule has 7 nitrogen and oxygen atoms in total. The van der Waals surface area contributed by atoms with Crippen LogP contribution >= 0.6 is 0 Å². The zero-order valence-electron chi connectivity index (χ0n) is 17.9. The van der Waals surface area contributed by atoms with Crippen molar-refractivity contribution in [3.8, 4) is 5.75 Å². The molecule has 1 saturated carbocycles. The van der Waals surface area contributed by atoms with Crippen LogP contribution in [0, 0.1) is 0 Å². The maximum Gasteiger partial charge on any atom is 0.237 e. The lowest BCUT2D eigenvalue weighted by atomic mass is 10.1. The molecule has 1 amide bonds. The number of benzene rings is 1. The van der Waals surface area contributed by atoms with Crippen LogP contribution < -0.4 is 4.74 Å². The monoisotopic (exact) mass is 417 g/mol. The molecule has 0 aromatic heterocycles. The van der Waals surface area contributed by atoms with Gasteiger partial charge in [-0.15, -0.1) is 0 Å². The van der Waals surface area contributed by atoms with Gasteiger partial charge in [0.1, 0.15) is 18.5 Å². The first-order valence-corrected chi connectivity index (χ1v) is 11.4. The van der Waals surface area contributed by atoms with Gasteiger partial charge >= 0.3 is 0 Å². The van der Waals surface area contributed by atoms with Gasteiger partial charge in [0.05, 0.1) is 19.8 Å². The van der Waals surface area contributed by atoms with Crippen LogP contribution in [0.25, 0.3) is 0 Å². The second kappa shape index (κ2) is 10.6. The number of β-amino-alcohol motifs (C(OH)–C–C–N with tert-alkyl or cyclic N) is 1. The van der Waals surface area contributed by atoms with Crippen molar-refractivity contribution in [3.63, 3.8) is 0 Å². The third kappa shape index (κ3) is 5.94. The molecular formula is C23H35N3O4. The fraction of sp³-hybridized carbons (Fsp3) is 0.696. The number of hydrogen-bond donors (Lipinski definition) is 1. The SMILES string of the molecule is O=C1CN(Cc2cccc(OC[C@@H](O)CN3CCOCC3)c2)CCN1C1CCCC1. The molecule has 2 aliphatic heterocycles. The zero-order chi connectivity index (χ0) is 20.8. The third-order valence-corrected chi connectivity index (χ3v) is 6.42. The summed E-state index contributed by atoms with van der Waals surface area (Å²) in [6, 6.07) is 8.48. The van der Waals surface area contributed by atoms with Gasteiger partial charge < -0.3 is 19.5 Å². The van der Waals surface area contributed by atoms with E-state index < -0.39 is 6.10 Å². The summed E-state index contributed by atoms with van der Waals surface area (Å²) in [6.07, 6.45) is 4.33. The lowest BCUT2D eigenvalue weighted by molar-refractivity contribution is -0.138. The number of aliphatic hydroxyl groups excluding tert-OH is 1. The Kier molecular flexibility index (Phi) is 7.60. The van der Waals surface area contributed by atoms with Crippen molar-refractivity contribution in [1.29, 1.82) is 0 Å². The van der Waals surface area contributed by atoms with E-state index in [0.29, 0.717) is 19.1 Å². The lowest BCUT2D eigenvalue weighted by Gasteiger charge is -2.37. The van der Waals surface area contributed by atoms with Crippen molar-refractivity contribution in [3.05, 3.63) is 29.8 Å². The molecule has 30 heavy (non-hydrogen) atoms. The van der Waals surface area contributed by atoms with Crippen LogP contribution in [-0.4, -0.2) is 96.9 Å². The Labute approximate surface area is 179 Å². The predicted molar refractivity (Wildman–Crippen MR) is 114 cm³/mol. The number of carbonyl (C=O) groups is 1. The molecule has 0 radical (unpaired) electrons. The number of ether oxygens (including phenoxy) is 2. The molecule has 3 aliphatic rings. The van der Waals surface area contributed by atoms with E-state index in [-0.39, 0.29) is 12.5 Å². The largest absolute Gasteiger partial charge is 0.491 e. The van der Waals surface area contributed by atoms with Crippen molar-refractivity contribution < 1.29 is 19.4 Å². The minimum atomic E-state index is -0.520. The van der Waals surface area contributed by atoms with E-state index in [1.54, 1.807) is 0 Å². The molecule has 1 aliphatic carbocycles. The zero-order valence-corrected chi connectivity index (χ0v) is 17.9. The number of nitrogens with zero attached hydrogens (tertiary/aromatic N) is 3. The normalized spacial score (nSPS) is 23.1. The Hall–Kier alpha value is -1.67. The fourth-order valence-corrected chi connectivity index (χ4v) is 4.79. The summed E-state index contributed by atoms with van der Waals surface area (Å²) in [5.74, 6) is 1.04. The first kappa shape index (κ1) is 21.6. The standard InChI is InChI=1S/C23H35N3O4/c27-21(16-24-10-12-29-13-11-24)18-30-22-7-3-4-19(14-22)15-25-8-9-26(23(28)17-25)20-5-1-2-6-20/h3-4,7,14,20-21,27H,1-2,5-6,8-13,15-18H2/t21-/m0/s1. The molecular weight excluding hydrogens is 382 g/mol. The van der Waals surface area contributed by atoms with Crippen LogP contribution in [-0.2, 0) is 16.1 Å². The molecule has 1 aromatic rings. The smallest absolute Gasteiger partial charge is 0.237 e. The van der Waals surface area contributed by atoms with Gasteiger partial charge in [-0.2, -0.15) is 0 Å². The predicted octanol–water partition coefficient (Wildman–Crippen LogP) is 1.35. The summed E-state index contributed by atoms with van der Waals surface area (Å²) in [5, 5.41) is 10.3. The molecule has 0 spiro atoms. The fourth-order valence-electron chi connectivity index (χ4n) is 4.79. The van der Waals surface area contributed by atoms with Crippen LogP contribution in [0.4, 0.5) is 0 Å². The molecule has 4 rings (SSSR count). The first-order chi connectivity index (χ1) is 14.7. The van der Waals surface area contributed by atoms with Gasteiger partial charge in [-0.25, -0.2) is 0 Å². The number of carbonyl (C=O) groups excluding carboxylic acids is 1. The molecule has 1 N–H and O–H groups in total. The summed E-state index contributed by atoms with van der Waals surface area (Å²) < 4.78 is 11.2. The van der Waals surface area contributed by atoms with Crippen LogP contribution in [0.5, 0.6) is 5.75 Å². The van der Waals surface area contributed by atoms with Crippen LogP contribution in [0.3, 0.4) is 0 Å². The molecule has 0 unspecified atom stereocenters. The molecule has 3 fully saturated rings. The van der Waals surface area contributed by atoms with Crippen molar-refractivity contribution in [1.82, 2.24) is 14.7 Å². The number of rotatable bonds is 8. The number of piperazine rings is 1. The minimum Gasteiger partial charge on any atom is -0.491 e. The highest BCUT2D eigenvalue weighted by Crippen LogP contribution is 2.25. The Morgan fingerprint density at radius 2 is 1.90 bits per heavy atom. The molecule has 2 heterocycles. The van der Waals surface area contributed by atoms with E-state index in [9.17, 15) is 9.90 Å². The quantitative estimate of drug-likeness (QED) is 0.689. The molecule has 1 atom stereocenters. The Morgan fingerprint density at radius 3 is 2.67 bits per heavy atom. The topological polar surface area (TPSA) is 65.5 Å². The maximum absolute atomic E-state index is 12.6. The second-order valence-electron chi connectivity index (χ2n) is 8.76. The Balaban J connectivity index is 1.23. The number of aliphatic hydroxyl groups is 1. The van der Waals surface area contributed by atoms with Crippen molar-refractivity contribution in [2.75, 3.05) is 59.1 Å². The van der Waals surface area contributed by atoms with E-state index in [4.69, 9.17) is 9.47 Å². The van der Waals surface area contributed by atoms with E-state index in [2.05, 4.69) is 20.8 Å². The second-order valence-corrected chi connectivity index (χ2v) is 8.76. The van der Waals surface area contributed by atoms with Gasteiger partial charge in [-0.05, 0) is 30.5 Å². The Morgan fingerprint density at radius 1 is 1.10 bits per heavy atom. The molecule has 7 heteroatoms. The highest BCUT2D eigenvalue weighted by atomic mass is 16.5. The Bertz CT molecular complexity index is 689. The highest BCUT2D eigenvalue weighted by molar-refractivity contribution is 5.79. The van der Waals surface area contributed by atoms with Gasteiger partial charge in [0.2, 0.25) is 5.91 Å². The van der Waals surface area contributed by atoms with Crippen molar-refractivity contribution >= 4 is 5.91 Å². The molecule has 166 valence electrons. The van der Waals surface area contributed by atoms with E-state index in [1.807, 2.05) is 18.2 Å². The van der Waals surface area contributed by atoms with Gasteiger partial charge in [0.15, 0.2) is 0 Å². The van der Waals surface area contributed by atoms with Gasteiger partial charge in [0.25, 0.3) is 0 Å². The summed E-state index contributed by atoms with van der Waals surface area (Å²) in [5.41, 5.74) is 1.14. The lowest BCUT2D eigenvalue weighted by Crippen LogP contribution is -2.53. The summed E-state index contributed by atoms with van der Waals surface area (Å²) >= 11 is 0. The molecule has 1 aromatic carbocycles. The molecule has 2 saturated heterocycles. The van der Waals surface area contributed by atoms with E-state index >= 15 is 0 Å². The minimum absolute atomic E-state index is 0.270. The van der Waals surface area contributed by atoms with Crippen LogP contribution in [0.15, 0.2) is 24.3 Å².